The van der Waals surface area contributed by atoms with E-state index < -0.39 is 0 Å². The maximum Gasteiger partial charge on any atom is 0.147 e. The third kappa shape index (κ3) is 2.94. The smallest absolute Gasteiger partial charge is 0.147 e. The average molecular weight is 370 g/mol. The molecule has 5 nitrogen and oxygen atoms in total. The molecule has 140 valence electrons. The van der Waals surface area contributed by atoms with E-state index in [1.165, 1.54) is 0 Å². The molecule has 5 heteroatoms. The molecule has 1 aliphatic heterocycles. The monoisotopic (exact) mass is 370 g/mol. The highest BCUT2D eigenvalue weighted by Crippen LogP contribution is 2.40. The normalized spacial score (nSPS) is 18.8. The number of aromatic nitrogens is 3. The van der Waals surface area contributed by atoms with Crippen LogP contribution >= 0.6 is 0 Å². The maximum absolute atomic E-state index is 6.22. The van der Waals surface area contributed by atoms with Crippen molar-refractivity contribution in [2.75, 3.05) is 13.2 Å². The van der Waals surface area contributed by atoms with Crippen LogP contribution in [0.15, 0.2) is 67.1 Å². The molecule has 1 aliphatic rings. The lowest BCUT2D eigenvalue weighted by atomic mass is 9.91. The molecule has 2 N–H and O–H groups in total. The molecule has 5 rings (SSSR count). The molecule has 0 amide bonds. The van der Waals surface area contributed by atoms with Crippen LogP contribution in [0, 0.1) is 0 Å². The first kappa shape index (κ1) is 17.0. The molecular weight excluding hydrogens is 348 g/mol. The standard InChI is InChI=1S/C23H22N4O/c1-23(10-13-26-23)15-28-19-14-24-12-9-17(19)21-20(16-6-3-2-4-7-16)22-18(27-21)8-5-11-25-22/h2-9,11-12,14,26-27H,10,13,15H2,1H3/t23-/m1/s1. The van der Waals surface area contributed by atoms with Gasteiger partial charge in [-0.2, -0.15) is 0 Å². The number of pyridine rings is 2. The Morgan fingerprint density at radius 3 is 2.71 bits per heavy atom. The minimum Gasteiger partial charge on any atom is -0.489 e. The van der Waals surface area contributed by atoms with Crippen LogP contribution in [0.25, 0.3) is 33.4 Å². The van der Waals surface area contributed by atoms with Crippen molar-refractivity contribution in [1.82, 2.24) is 20.3 Å². The number of hydrogen-bond acceptors (Lipinski definition) is 4. The van der Waals surface area contributed by atoms with E-state index in [0.29, 0.717) is 6.61 Å². The molecule has 1 saturated heterocycles. The van der Waals surface area contributed by atoms with Crippen molar-refractivity contribution < 1.29 is 4.74 Å². The Labute approximate surface area is 163 Å². The third-order valence-electron chi connectivity index (χ3n) is 5.45. The van der Waals surface area contributed by atoms with Crippen molar-refractivity contribution >= 4 is 11.0 Å². The second kappa shape index (κ2) is 6.77. The summed E-state index contributed by atoms with van der Waals surface area (Å²) < 4.78 is 6.22. The molecule has 28 heavy (non-hydrogen) atoms. The molecule has 1 atom stereocenters. The van der Waals surface area contributed by atoms with E-state index in [2.05, 4.69) is 45.4 Å². The minimum absolute atomic E-state index is 0.0391. The zero-order valence-corrected chi connectivity index (χ0v) is 15.8. The number of hydrogen-bond donors (Lipinski definition) is 2. The highest BCUT2D eigenvalue weighted by atomic mass is 16.5. The topological polar surface area (TPSA) is 62.8 Å². The summed E-state index contributed by atoms with van der Waals surface area (Å²) in [4.78, 5) is 12.5. The molecule has 4 aromatic rings. The largest absolute Gasteiger partial charge is 0.489 e. The summed E-state index contributed by atoms with van der Waals surface area (Å²) in [5.41, 5.74) is 6.21. The van der Waals surface area contributed by atoms with Gasteiger partial charge in [0.1, 0.15) is 12.4 Å². The lowest BCUT2D eigenvalue weighted by molar-refractivity contribution is 0.132. The summed E-state index contributed by atoms with van der Waals surface area (Å²) in [7, 11) is 0. The van der Waals surface area contributed by atoms with Crippen LogP contribution in [0.3, 0.4) is 0 Å². The van der Waals surface area contributed by atoms with E-state index >= 15 is 0 Å². The van der Waals surface area contributed by atoms with E-state index in [-0.39, 0.29) is 5.54 Å². The summed E-state index contributed by atoms with van der Waals surface area (Å²) in [5, 5.41) is 3.45. The van der Waals surface area contributed by atoms with E-state index in [1.807, 2.05) is 36.5 Å². The van der Waals surface area contributed by atoms with Gasteiger partial charge in [-0.1, -0.05) is 30.3 Å². The molecule has 0 saturated carbocycles. The van der Waals surface area contributed by atoms with Crippen molar-refractivity contribution in [3.8, 4) is 28.1 Å². The Morgan fingerprint density at radius 1 is 1.07 bits per heavy atom. The van der Waals surface area contributed by atoms with Crippen molar-refractivity contribution in [1.29, 1.82) is 0 Å². The van der Waals surface area contributed by atoms with Gasteiger partial charge in [-0.3, -0.25) is 9.97 Å². The number of nitrogens with zero attached hydrogens (tertiary/aromatic N) is 2. The van der Waals surface area contributed by atoms with Crippen LogP contribution in [-0.4, -0.2) is 33.6 Å². The van der Waals surface area contributed by atoms with Gasteiger partial charge in [0.25, 0.3) is 0 Å². The SMILES string of the molecule is C[C@]1(COc2cnccc2-c2[nH]c3cccnc3c2-c2ccccc2)CCN1. The van der Waals surface area contributed by atoms with Crippen LogP contribution in [0.2, 0.25) is 0 Å². The summed E-state index contributed by atoms with van der Waals surface area (Å²) in [6.07, 6.45) is 6.55. The number of nitrogens with one attached hydrogen (secondary N) is 2. The predicted octanol–water partition coefficient (Wildman–Crippen LogP) is 4.42. The number of ether oxygens (including phenoxy) is 1. The van der Waals surface area contributed by atoms with E-state index in [1.54, 1.807) is 12.4 Å². The highest BCUT2D eigenvalue weighted by molar-refractivity contribution is 6.02. The highest BCUT2D eigenvalue weighted by Gasteiger charge is 2.32. The summed E-state index contributed by atoms with van der Waals surface area (Å²) in [5.74, 6) is 0.779. The predicted molar refractivity (Wildman–Crippen MR) is 111 cm³/mol. The molecule has 0 aliphatic carbocycles. The first-order valence-electron chi connectivity index (χ1n) is 9.58. The molecule has 1 aromatic carbocycles. The van der Waals surface area contributed by atoms with Gasteiger partial charge in [0.15, 0.2) is 0 Å². The molecule has 0 bridgehead atoms. The third-order valence-corrected chi connectivity index (χ3v) is 5.45. The van der Waals surface area contributed by atoms with Crippen LogP contribution < -0.4 is 10.1 Å². The lowest BCUT2D eigenvalue weighted by Gasteiger charge is -2.39. The Morgan fingerprint density at radius 2 is 1.93 bits per heavy atom. The number of fused-ring (bicyclic) bond motifs is 1. The maximum atomic E-state index is 6.22. The number of aromatic amines is 1. The molecule has 4 heterocycles. The minimum atomic E-state index is 0.0391. The second-order valence-electron chi connectivity index (χ2n) is 7.54. The van der Waals surface area contributed by atoms with Gasteiger partial charge >= 0.3 is 0 Å². The fourth-order valence-corrected chi connectivity index (χ4v) is 3.72. The Balaban J connectivity index is 1.64. The molecule has 0 spiro atoms. The van der Waals surface area contributed by atoms with Gasteiger partial charge in [0.2, 0.25) is 0 Å². The Bertz CT molecular complexity index is 1120. The Hall–Kier alpha value is -3.18. The average Bonchev–Trinajstić information content (AvgIpc) is 3.11. The van der Waals surface area contributed by atoms with Gasteiger partial charge in [-0.15, -0.1) is 0 Å². The fraction of sp³-hybridized carbons (Fsp3) is 0.217. The van der Waals surface area contributed by atoms with Crippen LogP contribution in [0.1, 0.15) is 13.3 Å². The fourth-order valence-electron chi connectivity index (χ4n) is 3.72. The number of rotatable bonds is 5. The zero-order valence-electron chi connectivity index (χ0n) is 15.8. The van der Waals surface area contributed by atoms with E-state index in [0.717, 1.165) is 52.1 Å². The number of benzene rings is 1. The van der Waals surface area contributed by atoms with Crippen LogP contribution in [0.5, 0.6) is 5.75 Å². The summed E-state index contributed by atoms with van der Waals surface area (Å²) >= 11 is 0. The van der Waals surface area contributed by atoms with Crippen LogP contribution in [-0.2, 0) is 0 Å². The van der Waals surface area contributed by atoms with Gasteiger partial charge in [0, 0.05) is 23.5 Å². The van der Waals surface area contributed by atoms with Crippen molar-refractivity contribution in [2.45, 2.75) is 18.9 Å². The molecule has 0 unspecified atom stereocenters. The summed E-state index contributed by atoms with van der Waals surface area (Å²) in [6.45, 7) is 3.85. The molecule has 0 radical (unpaired) electrons. The second-order valence-corrected chi connectivity index (χ2v) is 7.54. The van der Waals surface area contributed by atoms with Crippen molar-refractivity contribution in [2.24, 2.45) is 0 Å². The molecular formula is C23H22N4O. The van der Waals surface area contributed by atoms with Gasteiger partial charge < -0.3 is 15.0 Å². The quantitative estimate of drug-likeness (QED) is 0.546. The summed E-state index contributed by atoms with van der Waals surface area (Å²) in [6, 6.07) is 16.4. The van der Waals surface area contributed by atoms with Gasteiger partial charge in [-0.25, -0.2) is 0 Å². The van der Waals surface area contributed by atoms with E-state index in [9.17, 15) is 0 Å². The van der Waals surface area contributed by atoms with Crippen molar-refractivity contribution in [3.05, 3.63) is 67.1 Å². The van der Waals surface area contributed by atoms with Crippen LogP contribution in [0.4, 0.5) is 0 Å². The van der Waals surface area contributed by atoms with Crippen molar-refractivity contribution in [3.63, 3.8) is 0 Å². The van der Waals surface area contributed by atoms with Gasteiger partial charge in [-0.05, 0) is 43.7 Å². The lowest BCUT2D eigenvalue weighted by Crippen LogP contribution is -2.58. The Kier molecular flexibility index (Phi) is 4.10. The van der Waals surface area contributed by atoms with Gasteiger partial charge in [0.05, 0.1) is 28.5 Å². The first-order chi connectivity index (χ1) is 13.7. The molecule has 3 aromatic heterocycles. The number of H-pyrrole nitrogens is 1. The first-order valence-corrected chi connectivity index (χ1v) is 9.58. The zero-order chi connectivity index (χ0) is 19.0. The van der Waals surface area contributed by atoms with E-state index in [4.69, 9.17) is 4.74 Å². The molecule has 1 fully saturated rings.